The fourth-order valence-electron chi connectivity index (χ4n) is 5.35. The molecular formula is C35H56Cl2N4O4. The second-order valence-electron chi connectivity index (χ2n) is 11.6. The van der Waals surface area contributed by atoms with E-state index in [4.69, 9.17) is 16.2 Å². The van der Waals surface area contributed by atoms with E-state index in [0.717, 1.165) is 31.1 Å². The summed E-state index contributed by atoms with van der Waals surface area (Å²) in [6.45, 7) is 2.79. The Morgan fingerprint density at radius 3 is 2.00 bits per heavy atom. The fraction of sp³-hybridized carbons (Fsp3) is 0.600. The minimum atomic E-state index is -0.848. The van der Waals surface area contributed by atoms with Crippen molar-refractivity contribution < 1.29 is 19.1 Å². The predicted octanol–water partition coefficient (Wildman–Crippen LogP) is 7.09. The van der Waals surface area contributed by atoms with Gasteiger partial charge in [0.2, 0.25) is 11.8 Å². The minimum Gasteiger partial charge on any atom is -0.370 e. The molecule has 1 aromatic heterocycles. The fourth-order valence-corrected chi connectivity index (χ4v) is 5.35. The van der Waals surface area contributed by atoms with Crippen molar-refractivity contribution in [1.82, 2.24) is 9.88 Å². The number of unbranched alkanes of at least 4 members (excludes halogenated alkanes) is 10. The van der Waals surface area contributed by atoms with Crippen LogP contribution in [-0.2, 0) is 32.3 Å². The van der Waals surface area contributed by atoms with E-state index >= 15 is 0 Å². The Morgan fingerprint density at radius 2 is 1.44 bits per heavy atom. The molecule has 0 fully saturated rings. The summed E-state index contributed by atoms with van der Waals surface area (Å²) < 4.78 is 5.77. The van der Waals surface area contributed by atoms with Gasteiger partial charge in [0.25, 0.3) is 0 Å². The average molecular weight is 668 g/mol. The lowest BCUT2D eigenvalue weighted by atomic mass is 9.99. The maximum atomic E-state index is 13.7. The summed E-state index contributed by atoms with van der Waals surface area (Å²) in [4.78, 5) is 43.6. The van der Waals surface area contributed by atoms with Crippen LogP contribution in [0.5, 0.6) is 0 Å². The summed E-state index contributed by atoms with van der Waals surface area (Å²) in [7, 11) is 0. The molecule has 2 aromatic rings. The molecule has 254 valence electrons. The Morgan fingerprint density at radius 1 is 0.844 bits per heavy atom. The van der Waals surface area contributed by atoms with Crippen LogP contribution in [0.3, 0.4) is 0 Å². The van der Waals surface area contributed by atoms with Crippen LogP contribution in [0.4, 0.5) is 0 Å². The molecule has 0 spiro atoms. The highest BCUT2D eigenvalue weighted by Crippen LogP contribution is 2.20. The van der Waals surface area contributed by atoms with Crippen LogP contribution < -0.4 is 11.5 Å². The van der Waals surface area contributed by atoms with Gasteiger partial charge in [0.05, 0.1) is 24.9 Å². The van der Waals surface area contributed by atoms with Gasteiger partial charge in [0.15, 0.2) is 0 Å². The molecule has 0 aliphatic carbocycles. The van der Waals surface area contributed by atoms with Gasteiger partial charge < -0.3 is 25.9 Å². The zero-order chi connectivity index (χ0) is 31.1. The third-order valence-electron chi connectivity index (χ3n) is 7.90. The molecule has 0 aliphatic rings. The molecule has 10 heteroatoms. The summed E-state index contributed by atoms with van der Waals surface area (Å²) in [5, 5.41) is 0. The van der Waals surface area contributed by atoms with Gasteiger partial charge >= 0.3 is 0 Å². The maximum absolute atomic E-state index is 13.7. The van der Waals surface area contributed by atoms with Crippen LogP contribution in [0.1, 0.15) is 114 Å². The molecule has 0 radical (unpaired) electrons. The Bertz CT molecular complexity index is 1030. The molecule has 0 aliphatic heterocycles. The van der Waals surface area contributed by atoms with Crippen molar-refractivity contribution in [3.63, 3.8) is 0 Å². The van der Waals surface area contributed by atoms with Gasteiger partial charge in [-0.25, -0.2) is 0 Å². The van der Waals surface area contributed by atoms with Gasteiger partial charge in [0.1, 0.15) is 12.4 Å². The van der Waals surface area contributed by atoms with E-state index in [1.165, 1.54) is 51.4 Å². The molecular weight excluding hydrogens is 611 g/mol. The lowest BCUT2D eigenvalue weighted by Gasteiger charge is -2.33. The van der Waals surface area contributed by atoms with Crippen LogP contribution in [0, 0.1) is 0 Å². The van der Waals surface area contributed by atoms with E-state index in [2.05, 4.69) is 11.9 Å². The molecule has 45 heavy (non-hydrogen) atoms. The SMILES string of the molecule is CCCCCCCCCCCCC[C@@H](CC(N)=O)N(Cc1ccccn1)C(=O)[C@@H](N)CCC(C=O)OCc1ccccc1.Cl.Cl. The van der Waals surface area contributed by atoms with Crippen LogP contribution in [-0.4, -0.2) is 46.2 Å². The van der Waals surface area contributed by atoms with Crippen molar-refractivity contribution in [2.45, 2.75) is 135 Å². The topological polar surface area (TPSA) is 129 Å². The number of aldehydes is 1. The molecule has 0 bridgehead atoms. The summed E-state index contributed by atoms with van der Waals surface area (Å²) in [5.74, 6) is -0.719. The van der Waals surface area contributed by atoms with Crippen molar-refractivity contribution in [2.24, 2.45) is 11.5 Å². The molecule has 8 nitrogen and oxygen atoms in total. The van der Waals surface area contributed by atoms with E-state index < -0.39 is 18.1 Å². The first-order valence-electron chi connectivity index (χ1n) is 16.3. The van der Waals surface area contributed by atoms with Gasteiger partial charge in [-0.05, 0) is 37.0 Å². The number of nitrogens with zero attached hydrogens (tertiary/aromatic N) is 2. The molecule has 3 atom stereocenters. The highest BCUT2D eigenvalue weighted by Gasteiger charge is 2.29. The van der Waals surface area contributed by atoms with Crippen LogP contribution in [0.2, 0.25) is 0 Å². The molecule has 1 aromatic carbocycles. The number of nitrogens with two attached hydrogens (primary N) is 2. The van der Waals surface area contributed by atoms with Gasteiger partial charge in [-0.15, -0.1) is 24.8 Å². The normalized spacial score (nSPS) is 12.7. The number of primary amides is 1. The summed E-state index contributed by atoms with van der Waals surface area (Å²) in [6.07, 6.45) is 16.6. The summed E-state index contributed by atoms with van der Waals surface area (Å²) in [5.41, 5.74) is 13.7. The maximum Gasteiger partial charge on any atom is 0.240 e. The van der Waals surface area contributed by atoms with Gasteiger partial charge in [-0.2, -0.15) is 0 Å². The first kappa shape index (κ1) is 42.5. The summed E-state index contributed by atoms with van der Waals surface area (Å²) in [6, 6.07) is 13.9. The molecule has 4 N–H and O–H groups in total. The molecule has 2 amide bonds. The monoisotopic (exact) mass is 666 g/mol. The average Bonchev–Trinajstić information content (AvgIpc) is 3.02. The number of amides is 2. The van der Waals surface area contributed by atoms with Gasteiger partial charge in [0, 0.05) is 18.7 Å². The van der Waals surface area contributed by atoms with E-state index in [1.54, 1.807) is 11.1 Å². The Hall–Kier alpha value is -2.52. The van der Waals surface area contributed by atoms with Crippen molar-refractivity contribution in [1.29, 1.82) is 0 Å². The number of benzene rings is 1. The number of rotatable bonds is 25. The third kappa shape index (κ3) is 18.9. The number of hydrogen-bond acceptors (Lipinski definition) is 6. The highest BCUT2D eigenvalue weighted by atomic mass is 35.5. The van der Waals surface area contributed by atoms with Gasteiger partial charge in [-0.3, -0.25) is 14.6 Å². The second-order valence-corrected chi connectivity index (χ2v) is 11.6. The van der Waals surface area contributed by atoms with Crippen molar-refractivity contribution in [3.05, 3.63) is 66.0 Å². The van der Waals surface area contributed by atoms with E-state index in [1.807, 2.05) is 48.5 Å². The Balaban J connectivity index is 0.00000968. The quantitative estimate of drug-likeness (QED) is 0.0860. The lowest BCUT2D eigenvalue weighted by molar-refractivity contribution is -0.137. The van der Waals surface area contributed by atoms with E-state index in [9.17, 15) is 14.4 Å². The number of aromatic nitrogens is 1. The number of halogens is 2. The predicted molar refractivity (Wildman–Crippen MR) is 186 cm³/mol. The molecule has 0 saturated heterocycles. The first-order chi connectivity index (χ1) is 20.9. The first-order valence-corrected chi connectivity index (χ1v) is 16.3. The number of hydrogen-bond donors (Lipinski definition) is 2. The van der Waals surface area contributed by atoms with Crippen LogP contribution in [0.15, 0.2) is 54.7 Å². The lowest BCUT2D eigenvalue weighted by Crippen LogP contribution is -2.49. The van der Waals surface area contributed by atoms with Crippen LogP contribution in [0.25, 0.3) is 0 Å². The standard InChI is InChI=1S/C35H54N4O4.2ClH/c1-2-3-4-5-6-7-8-9-10-11-15-21-31(25-34(37)41)39(26-30-20-16-17-24-38-30)35(42)33(36)23-22-32(27-40)43-28-29-18-13-12-14-19-29;;/h12-14,16-20,24,27,31-33H,2-11,15,21-23,25-26,28,36H2,1H3,(H2,37,41);2*1H/t31-,32?,33-;;/m0../s1. The van der Waals surface area contributed by atoms with E-state index in [-0.39, 0.29) is 56.1 Å². The van der Waals surface area contributed by atoms with Crippen molar-refractivity contribution >= 4 is 42.9 Å². The molecule has 0 saturated carbocycles. The zero-order valence-corrected chi connectivity index (χ0v) is 28.7. The minimum absolute atomic E-state index is 0. The number of pyridine rings is 1. The number of carbonyl (C=O) groups excluding carboxylic acids is 3. The molecule has 2 rings (SSSR count). The van der Waals surface area contributed by atoms with Crippen molar-refractivity contribution in [2.75, 3.05) is 0 Å². The Labute approximate surface area is 283 Å². The van der Waals surface area contributed by atoms with E-state index in [0.29, 0.717) is 25.1 Å². The van der Waals surface area contributed by atoms with Gasteiger partial charge in [-0.1, -0.05) is 114 Å². The smallest absolute Gasteiger partial charge is 0.240 e. The summed E-state index contributed by atoms with van der Waals surface area (Å²) >= 11 is 0. The Kier molecular flexibility index (Phi) is 25.2. The zero-order valence-electron chi connectivity index (χ0n) is 27.0. The molecule has 1 heterocycles. The molecule has 1 unspecified atom stereocenters. The highest BCUT2D eigenvalue weighted by molar-refractivity contribution is 5.85. The second kappa shape index (κ2) is 26.7. The number of carbonyl (C=O) groups is 3. The van der Waals surface area contributed by atoms with Crippen molar-refractivity contribution in [3.8, 4) is 0 Å². The third-order valence-corrected chi connectivity index (χ3v) is 7.90. The number of ether oxygens (including phenoxy) is 1. The largest absolute Gasteiger partial charge is 0.370 e. The van der Waals surface area contributed by atoms with Crippen LogP contribution >= 0.6 is 24.8 Å².